The van der Waals surface area contributed by atoms with Crippen LogP contribution < -0.4 is 14.2 Å². The molecule has 43 heavy (non-hydrogen) atoms. The van der Waals surface area contributed by atoms with Gasteiger partial charge in [-0.3, -0.25) is 4.79 Å². The lowest BCUT2D eigenvalue weighted by Gasteiger charge is -2.30. The molecule has 5 aromatic carbocycles. The van der Waals surface area contributed by atoms with Crippen molar-refractivity contribution < 1.29 is 41.0 Å². The number of alkyl halides is 5. The zero-order chi connectivity index (χ0) is 30.5. The molecule has 4 nitrogen and oxygen atoms in total. The summed E-state index contributed by atoms with van der Waals surface area (Å²) in [4.78, 5) is 13.0. The van der Waals surface area contributed by atoms with E-state index < -0.39 is 29.9 Å². The third-order valence-corrected chi connectivity index (χ3v) is 6.26. The molecule has 218 valence electrons. The predicted octanol–water partition coefficient (Wildman–Crippen LogP) is 9.36. The highest BCUT2D eigenvalue weighted by atomic mass is 19.4. The fraction of sp³-hybridized carbons (Fsp3) is 0.0882. The Hall–Kier alpha value is -5.18. The molecule has 0 spiro atoms. The quantitative estimate of drug-likeness (QED) is 0.0924. The minimum Gasteiger partial charge on any atom is -0.457 e. The van der Waals surface area contributed by atoms with E-state index in [9.17, 15) is 22.4 Å². The highest BCUT2D eigenvalue weighted by Gasteiger charge is 2.61. The van der Waals surface area contributed by atoms with E-state index in [1.807, 2.05) is 30.3 Å². The zero-order valence-corrected chi connectivity index (χ0v) is 22.3. The molecule has 0 aromatic heterocycles. The Balaban J connectivity index is 1.33. The molecule has 0 N–H and O–H groups in total. The summed E-state index contributed by atoms with van der Waals surface area (Å²) in [5.74, 6) is -0.852. The van der Waals surface area contributed by atoms with Crippen LogP contribution in [-0.4, -0.2) is 24.2 Å². The largest absolute Gasteiger partial charge is 0.457 e. The van der Waals surface area contributed by atoms with Crippen molar-refractivity contribution in [1.29, 1.82) is 0 Å². The van der Waals surface area contributed by atoms with Gasteiger partial charge in [0.2, 0.25) is 0 Å². The molecule has 5 rings (SSSR count). The van der Waals surface area contributed by atoms with Gasteiger partial charge in [-0.15, -0.1) is 0 Å². The number of halogens is 5. The summed E-state index contributed by atoms with van der Waals surface area (Å²) < 4.78 is 85.5. The van der Waals surface area contributed by atoms with Gasteiger partial charge in [0.25, 0.3) is 0 Å². The number of benzene rings is 5. The second-order valence-corrected chi connectivity index (χ2v) is 9.38. The second-order valence-electron chi connectivity index (χ2n) is 9.38. The van der Waals surface area contributed by atoms with Crippen LogP contribution in [0.4, 0.5) is 22.0 Å². The lowest BCUT2D eigenvalue weighted by atomic mass is 9.99. The number of para-hydroxylation sites is 1. The Morgan fingerprint density at radius 1 is 0.535 bits per heavy atom. The zero-order valence-electron chi connectivity index (χ0n) is 22.3. The standard InChI is InChI=1S/C34H23F5O4/c35-32(33(36,37)38)34(39,43-30-13-7-12-29(22-30)41-27-10-5-2-6-11-27)42-28-20-18-26(19-21-28)31(40)25-16-14-24(15-17-25)23-8-3-1-4-9-23/h1-22,32H. The maximum atomic E-state index is 15.7. The van der Waals surface area contributed by atoms with Crippen LogP contribution in [0.25, 0.3) is 11.1 Å². The number of rotatable bonds is 10. The van der Waals surface area contributed by atoms with Gasteiger partial charge in [0.15, 0.2) is 5.78 Å². The normalized spacial score (nSPS) is 13.4. The van der Waals surface area contributed by atoms with E-state index in [2.05, 4.69) is 0 Å². The van der Waals surface area contributed by atoms with E-state index in [-0.39, 0.29) is 17.1 Å². The molecule has 0 heterocycles. The molecule has 0 bridgehead atoms. The minimum atomic E-state index is -5.66. The molecule has 0 saturated carbocycles. The van der Waals surface area contributed by atoms with Crippen molar-refractivity contribution in [2.75, 3.05) is 0 Å². The SMILES string of the molecule is O=C(c1ccc(OC(F)(Oc2cccc(Oc3ccccc3)c2)C(F)C(F)(F)F)cc1)c1ccc(-c2ccccc2)cc1. The van der Waals surface area contributed by atoms with E-state index >= 15 is 4.39 Å². The number of hydrogen-bond donors (Lipinski definition) is 0. The van der Waals surface area contributed by atoms with E-state index in [1.165, 1.54) is 24.3 Å². The third-order valence-electron chi connectivity index (χ3n) is 6.26. The molecule has 5 aromatic rings. The van der Waals surface area contributed by atoms with Gasteiger partial charge >= 0.3 is 18.4 Å². The molecule has 0 aliphatic carbocycles. The number of carbonyl (C=O) groups is 1. The van der Waals surface area contributed by atoms with Crippen LogP contribution in [0.2, 0.25) is 0 Å². The number of ketones is 1. The molecule has 2 atom stereocenters. The van der Waals surface area contributed by atoms with Crippen LogP contribution in [0.15, 0.2) is 133 Å². The smallest absolute Gasteiger partial charge is 0.449 e. The third kappa shape index (κ3) is 7.19. The maximum absolute atomic E-state index is 15.7. The summed E-state index contributed by atoms with van der Waals surface area (Å²) in [7, 11) is 0. The fourth-order valence-electron chi connectivity index (χ4n) is 4.15. The van der Waals surface area contributed by atoms with E-state index in [0.29, 0.717) is 11.3 Å². The van der Waals surface area contributed by atoms with Gasteiger partial charge in [-0.05, 0) is 59.7 Å². The predicted molar refractivity (Wildman–Crippen MR) is 151 cm³/mol. The van der Waals surface area contributed by atoms with Gasteiger partial charge in [-0.25, -0.2) is 4.39 Å². The average molecular weight is 591 g/mol. The van der Waals surface area contributed by atoms with Gasteiger partial charge in [-0.1, -0.05) is 78.9 Å². The molecule has 0 aliphatic heterocycles. The first kappa shape index (κ1) is 29.3. The number of carbonyl (C=O) groups excluding carboxylic acids is 1. The van der Waals surface area contributed by atoms with Crippen LogP contribution in [0.3, 0.4) is 0 Å². The van der Waals surface area contributed by atoms with E-state index in [4.69, 9.17) is 14.2 Å². The van der Waals surface area contributed by atoms with Crippen molar-refractivity contribution in [2.45, 2.75) is 18.4 Å². The first-order chi connectivity index (χ1) is 20.6. The van der Waals surface area contributed by atoms with Crippen molar-refractivity contribution in [3.63, 3.8) is 0 Å². The minimum absolute atomic E-state index is 0.105. The van der Waals surface area contributed by atoms with Crippen LogP contribution in [-0.2, 0) is 0 Å². The van der Waals surface area contributed by atoms with E-state index in [0.717, 1.165) is 35.4 Å². The molecule has 0 aliphatic rings. The highest BCUT2D eigenvalue weighted by Crippen LogP contribution is 2.38. The molecule has 0 fully saturated rings. The van der Waals surface area contributed by atoms with Crippen molar-refractivity contribution in [3.05, 3.63) is 145 Å². The summed E-state index contributed by atoms with van der Waals surface area (Å²) in [5, 5.41) is 0. The summed E-state index contributed by atoms with van der Waals surface area (Å²) >= 11 is 0. The summed E-state index contributed by atoms with van der Waals surface area (Å²) in [6, 6.07) is 30.1. The van der Waals surface area contributed by atoms with Gasteiger partial charge in [0.1, 0.15) is 23.0 Å². The Kier molecular flexibility index (Phi) is 8.43. The number of hydrogen-bond acceptors (Lipinski definition) is 4. The summed E-state index contributed by atoms with van der Waals surface area (Å²) in [6.45, 7) is 0. The molecule has 0 radical (unpaired) electrons. The van der Waals surface area contributed by atoms with Crippen molar-refractivity contribution in [1.82, 2.24) is 0 Å². The fourth-order valence-corrected chi connectivity index (χ4v) is 4.15. The van der Waals surface area contributed by atoms with Crippen LogP contribution >= 0.6 is 0 Å². The van der Waals surface area contributed by atoms with Crippen LogP contribution in [0, 0.1) is 0 Å². The van der Waals surface area contributed by atoms with Crippen LogP contribution in [0.5, 0.6) is 23.0 Å². The summed E-state index contributed by atoms with van der Waals surface area (Å²) in [6.07, 6.45) is -9.84. The van der Waals surface area contributed by atoms with Gasteiger partial charge < -0.3 is 14.2 Å². The lowest BCUT2D eigenvalue weighted by molar-refractivity contribution is -0.325. The molecular weight excluding hydrogens is 567 g/mol. The molecule has 0 amide bonds. The lowest BCUT2D eigenvalue weighted by Crippen LogP contribution is -2.53. The Labute approximate surface area is 243 Å². The monoisotopic (exact) mass is 590 g/mol. The molecule has 9 heteroatoms. The average Bonchev–Trinajstić information content (AvgIpc) is 3.01. The van der Waals surface area contributed by atoms with Crippen LogP contribution in [0.1, 0.15) is 15.9 Å². The topological polar surface area (TPSA) is 44.8 Å². The molecular formula is C34H23F5O4. The van der Waals surface area contributed by atoms with Crippen molar-refractivity contribution in [2.24, 2.45) is 0 Å². The Morgan fingerprint density at radius 3 is 1.63 bits per heavy atom. The number of ether oxygens (including phenoxy) is 3. The maximum Gasteiger partial charge on any atom is 0.449 e. The van der Waals surface area contributed by atoms with Gasteiger partial charge in [-0.2, -0.15) is 17.6 Å². The van der Waals surface area contributed by atoms with Gasteiger partial charge in [0, 0.05) is 17.2 Å². The molecule has 0 saturated heterocycles. The second kappa shape index (κ2) is 12.4. The Bertz CT molecular complexity index is 1660. The highest BCUT2D eigenvalue weighted by molar-refractivity contribution is 6.09. The van der Waals surface area contributed by atoms with E-state index in [1.54, 1.807) is 54.6 Å². The Morgan fingerprint density at radius 2 is 1.02 bits per heavy atom. The first-order valence-corrected chi connectivity index (χ1v) is 13.0. The first-order valence-electron chi connectivity index (χ1n) is 13.0. The van der Waals surface area contributed by atoms with Crippen molar-refractivity contribution in [3.8, 4) is 34.1 Å². The van der Waals surface area contributed by atoms with Crippen molar-refractivity contribution >= 4 is 5.78 Å². The molecule has 2 unspecified atom stereocenters. The summed E-state index contributed by atoms with van der Waals surface area (Å²) in [5.41, 5.74) is 2.39. The van der Waals surface area contributed by atoms with Gasteiger partial charge in [0.05, 0.1) is 0 Å².